The number of nitrogens with one attached hydrogen (secondary N) is 2. The molecule has 130 valence electrons. The average molecular weight is 326 g/mol. The first kappa shape index (κ1) is 19.1. The van der Waals surface area contributed by atoms with Gasteiger partial charge in [0.05, 0.1) is 25.0 Å². The Bertz CT molecular complexity index is 510. The van der Waals surface area contributed by atoms with Crippen molar-refractivity contribution in [1.82, 2.24) is 0 Å². The predicted octanol–water partition coefficient (Wildman–Crippen LogP) is 3.07. The van der Waals surface area contributed by atoms with Gasteiger partial charge in [-0.25, -0.2) is 4.79 Å². The largest absolute Gasteiger partial charge is 0.497 e. The van der Waals surface area contributed by atoms with Gasteiger partial charge in [0, 0.05) is 20.3 Å². The number of rotatable bonds is 7. The highest BCUT2D eigenvalue weighted by Gasteiger charge is 2.18. The van der Waals surface area contributed by atoms with Crippen LogP contribution in [0.3, 0.4) is 0 Å². The number of hydrogen-bond acceptors (Lipinski definition) is 6. The molecule has 23 heavy (non-hydrogen) atoms. The Kier molecular flexibility index (Phi) is 7.12. The first-order valence-electron chi connectivity index (χ1n) is 7.26. The number of ether oxygens (including phenoxy) is 4. The zero-order valence-electron chi connectivity index (χ0n) is 14.6. The van der Waals surface area contributed by atoms with Crippen molar-refractivity contribution in [3.63, 3.8) is 0 Å². The van der Waals surface area contributed by atoms with Crippen molar-refractivity contribution in [2.75, 3.05) is 38.5 Å². The summed E-state index contributed by atoms with van der Waals surface area (Å²) in [4.78, 5) is 11.9. The van der Waals surface area contributed by atoms with Gasteiger partial charge in [-0.3, -0.25) is 5.32 Å². The smallest absolute Gasteiger partial charge is 0.412 e. The van der Waals surface area contributed by atoms with E-state index in [1.807, 2.05) is 20.8 Å². The highest BCUT2D eigenvalue weighted by Crippen LogP contribution is 2.27. The molecule has 2 N–H and O–H groups in total. The lowest BCUT2D eigenvalue weighted by atomic mass is 10.2. The molecule has 0 unspecified atom stereocenters. The first-order chi connectivity index (χ1) is 10.8. The zero-order chi connectivity index (χ0) is 17.5. The number of hydrogen-bond donors (Lipinski definition) is 2. The molecule has 0 saturated heterocycles. The second-order valence-corrected chi connectivity index (χ2v) is 5.82. The Morgan fingerprint density at radius 3 is 2.30 bits per heavy atom. The number of carbonyl (C=O) groups excluding carboxylic acids is 1. The van der Waals surface area contributed by atoms with Gasteiger partial charge in [-0.1, -0.05) is 0 Å². The Morgan fingerprint density at radius 1 is 1.13 bits per heavy atom. The van der Waals surface area contributed by atoms with Gasteiger partial charge in [0.15, 0.2) is 6.29 Å². The second kappa shape index (κ2) is 8.59. The summed E-state index contributed by atoms with van der Waals surface area (Å²) in [5.41, 5.74) is 0.682. The predicted molar refractivity (Wildman–Crippen MR) is 89.1 cm³/mol. The second-order valence-electron chi connectivity index (χ2n) is 5.82. The van der Waals surface area contributed by atoms with Crippen molar-refractivity contribution in [1.29, 1.82) is 0 Å². The highest BCUT2D eigenvalue weighted by atomic mass is 16.7. The van der Waals surface area contributed by atoms with Crippen LogP contribution in [0.5, 0.6) is 5.75 Å². The SMILES string of the molecule is COc1ccc(NC(=O)OC(C)(C)C)c(NCC(OC)OC)c1. The molecule has 1 rings (SSSR count). The Labute approximate surface area is 137 Å². The molecule has 0 atom stereocenters. The first-order valence-corrected chi connectivity index (χ1v) is 7.26. The molecule has 1 amide bonds. The summed E-state index contributed by atoms with van der Waals surface area (Å²) in [6.07, 6.45) is -0.934. The van der Waals surface area contributed by atoms with Crippen LogP contribution in [0.1, 0.15) is 20.8 Å². The molecule has 0 aliphatic heterocycles. The van der Waals surface area contributed by atoms with Gasteiger partial charge in [-0.2, -0.15) is 0 Å². The number of amides is 1. The van der Waals surface area contributed by atoms with Gasteiger partial charge in [0.2, 0.25) is 0 Å². The lowest BCUT2D eigenvalue weighted by molar-refractivity contribution is -0.0914. The summed E-state index contributed by atoms with van der Waals surface area (Å²) >= 11 is 0. The molecule has 0 fully saturated rings. The van der Waals surface area contributed by atoms with Gasteiger partial charge in [-0.15, -0.1) is 0 Å². The van der Waals surface area contributed by atoms with Crippen molar-refractivity contribution in [2.45, 2.75) is 32.7 Å². The lowest BCUT2D eigenvalue weighted by Gasteiger charge is -2.21. The Morgan fingerprint density at radius 2 is 1.78 bits per heavy atom. The van der Waals surface area contributed by atoms with Crippen LogP contribution in [-0.4, -0.2) is 45.9 Å². The van der Waals surface area contributed by atoms with E-state index in [2.05, 4.69) is 10.6 Å². The molecule has 7 nitrogen and oxygen atoms in total. The van der Waals surface area contributed by atoms with Crippen molar-refractivity contribution < 1.29 is 23.7 Å². The monoisotopic (exact) mass is 326 g/mol. The number of benzene rings is 1. The van der Waals surface area contributed by atoms with E-state index in [0.717, 1.165) is 0 Å². The minimum Gasteiger partial charge on any atom is -0.497 e. The summed E-state index contributed by atoms with van der Waals surface area (Å²) < 4.78 is 20.7. The van der Waals surface area contributed by atoms with Gasteiger partial charge < -0.3 is 24.3 Å². The summed E-state index contributed by atoms with van der Waals surface area (Å²) in [5, 5.41) is 5.88. The quantitative estimate of drug-likeness (QED) is 0.750. The molecule has 0 aliphatic carbocycles. The molecule has 0 bridgehead atoms. The van der Waals surface area contributed by atoms with Gasteiger partial charge in [-0.05, 0) is 32.9 Å². The molecule has 0 aliphatic rings. The number of anilines is 2. The van der Waals surface area contributed by atoms with Gasteiger partial charge in [0.1, 0.15) is 11.4 Å². The maximum absolute atomic E-state index is 11.9. The van der Waals surface area contributed by atoms with Crippen molar-refractivity contribution in [2.24, 2.45) is 0 Å². The molecule has 0 heterocycles. The molecule has 0 radical (unpaired) electrons. The van der Waals surface area contributed by atoms with Crippen LogP contribution >= 0.6 is 0 Å². The fraction of sp³-hybridized carbons (Fsp3) is 0.562. The van der Waals surface area contributed by atoms with E-state index in [-0.39, 0.29) is 0 Å². The van der Waals surface area contributed by atoms with Crippen LogP contribution < -0.4 is 15.4 Å². The van der Waals surface area contributed by atoms with Crippen LogP contribution in [0, 0.1) is 0 Å². The third-order valence-electron chi connectivity index (χ3n) is 2.85. The molecular formula is C16H26N2O5. The van der Waals surface area contributed by atoms with E-state index in [0.29, 0.717) is 23.7 Å². The maximum Gasteiger partial charge on any atom is 0.412 e. The topological polar surface area (TPSA) is 78.1 Å². The average Bonchev–Trinajstić information content (AvgIpc) is 2.47. The summed E-state index contributed by atoms with van der Waals surface area (Å²) in [6, 6.07) is 5.26. The van der Waals surface area contributed by atoms with E-state index in [9.17, 15) is 4.79 Å². The summed E-state index contributed by atoms with van der Waals surface area (Å²) in [6.45, 7) is 5.83. The van der Waals surface area contributed by atoms with E-state index in [1.165, 1.54) is 0 Å². The molecule has 0 spiro atoms. The standard InChI is InChI=1S/C16H26N2O5/c1-16(2,3)23-15(19)18-12-8-7-11(20-4)9-13(12)17-10-14(21-5)22-6/h7-9,14,17H,10H2,1-6H3,(H,18,19). The fourth-order valence-electron chi connectivity index (χ4n) is 1.78. The molecule has 7 heteroatoms. The Balaban J connectivity index is 2.86. The van der Waals surface area contributed by atoms with E-state index in [4.69, 9.17) is 18.9 Å². The van der Waals surface area contributed by atoms with Crippen LogP contribution in [0.4, 0.5) is 16.2 Å². The molecular weight excluding hydrogens is 300 g/mol. The van der Waals surface area contributed by atoms with E-state index in [1.54, 1.807) is 39.5 Å². The number of methoxy groups -OCH3 is 3. The van der Waals surface area contributed by atoms with Crippen LogP contribution in [0.2, 0.25) is 0 Å². The molecule has 1 aromatic rings. The normalized spacial score (nSPS) is 11.3. The van der Waals surface area contributed by atoms with E-state index >= 15 is 0 Å². The molecule has 1 aromatic carbocycles. The van der Waals surface area contributed by atoms with Crippen molar-refractivity contribution >= 4 is 17.5 Å². The lowest BCUT2D eigenvalue weighted by Crippen LogP contribution is -2.28. The number of carbonyl (C=O) groups is 1. The summed E-state index contributed by atoms with van der Waals surface area (Å²) in [5.74, 6) is 0.661. The third-order valence-corrected chi connectivity index (χ3v) is 2.85. The molecule has 0 saturated carbocycles. The zero-order valence-corrected chi connectivity index (χ0v) is 14.6. The minimum atomic E-state index is -0.568. The Hall–Kier alpha value is -1.99. The maximum atomic E-state index is 11.9. The van der Waals surface area contributed by atoms with Gasteiger partial charge >= 0.3 is 6.09 Å². The van der Waals surface area contributed by atoms with Gasteiger partial charge in [0.25, 0.3) is 0 Å². The highest BCUT2D eigenvalue weighted by molar-refractivity contribution is 5.90. The fourth-order valence-corrected chi connectivity index (χ4v) is 1.78. The minimum absolute atomic E-state index is 0.406. The van der Waals surface area contributed by atoms with Crippen molar-refractivity contribution in [3.05, 3.63) is 18.2 Å². The van der Waals surface area contributed by atoms with Crippen LogP contribution in [0.25, 0.3) is 0 Å². The summed E-state index contributed by atoms with van der Waals surface area (Å²) in [7, 11) is 4.69. The van der Waals surface area contributed by atoms with Crippen molar-refractivity contribution in [3.8, 4) is 5.75 Å². The molecule has 0 aromatic heterocycles. The third kappa shape index (κ3) is 6.75. The van der Waals surface area contributed by atoms with Crippen LogP contribution in [-0.2, 0) is 14.2 Å². The van der Waals surface area contributed by atoms with Crippen LogP contribution in [0.15, 0.2) is 18.2 Å². The van der Waals surface area contributed by atoms with E-state index < -0.39 is 18.0 Å².